The van der Waals surface area contributed by atoms with Crippen LogP contribution in [0.3, 0.4) is 0 Å². The average Bonchev–Trinajstić information content (AvgIpc) is 2.98. The SMILES string of the molecule is C=CC(=O)N1CCN(c2nc(=O)n(-c3ncncc3C(C)C)c3c4c(c(C)cc23)-c2c(ccc(P)c2P)CO4)[C@@H](C)C1. The fraction of sp³-hybridized carbons (Fsp3) is 0.323. The minimum absolute atomic E-state index is 0.0690. The number of aryl methyl sites for hydroxylation is 1. The first kappa shape index (κ1) is 28.4. The van der Waals surface area contributed by atoms with Gasteiger partial charge in [0.05, 0.1) is 0 Å². The van der Waals surface area contributed by atoms with E-state index < -0.39 is 5.69 Å². The van der Waals surface area contributed by atoms with Crippen molar-refractivity contribution < 1.29 is 9.53 Å². The summed E-state index contributed by atoms with van der Waals surface area (Å²) in [4.78, 5) is 44.0. The highest BCUT2D eigenvalue weighted by molar-refractivity contribution is 7.36. The van der Waals surface area contributed by atoms with Crippen molar-refractivity contribution in [1.82, 2.24) is 24.4 Å². The highest BCUT2D eigenvalue weighted by Gasteiger charge is 2.33. The summed E-state index contributed by atoms with van der Waals surface area (Å²) in [6, 6.07) is 6.20. The van der Waals surface area contributed by atoms with Crippen LogP contribution in [0.15, 0.2) is 48.2 Å². The Morgan fingerprint density at radius 3 is 2.69 bits per heavy atom. The standard InChI is InChI=1S/C31H34N6O3P2/c1-6-23(38)35-9-10-36(18(5)13-35)30-20-11-17(4)24-25-19(7-8-22(41)28(25)42)14-40-27(24)26(20)37(31(39)34-30)29-21(16(2)3)12-32-15-33-29/h6-8,11-12,15-16,18H,1,9-10,13-14,41-42H2,2-5H3/t18-/m0/s1. The topological polar surface area (TPSA) is 93.5 Å². The van der Waals surface area contributed by atoms with Crippen LogP contribution < -0.4 is 25.9 Å². The number of aromatic nitrogens is 4. The van der Waals surface area contributed by atoms with Crippen LogP contribution in [0.2, 0.25) is 0 Å². The lowest BCUT2D eigenvalue weighted by Gasteiger charge is -2.40. The van der Waals surface area contributed by atoms with E-state index in [0.29, 0.717) is 49.1 Å². The molecule has 1 amide bonds. The molecule has 0 spiro atoms. The fourth-order valence-electron chi connectivity index (χ4n) is 6.11. The number of amides is 1. The van der Waals surface area contributed by atoms with Crippen molar-refractivity contribution in [3.05, 3.63) is 70.6 Å². The number of anilines is 1. The number of rotatable bonds is 4. The fourth-order valence-corrected chi connectivity index (χ4v) is 6.77. The summed E-state index contributed by atoms with van der Waals surface area (Å²) >= 11 is 0. The summed E-state index contributed by atoms with van der Waals surface area (Å²) in [5.41, 5.74) is 5.19. The van der Waals surface area contributed by atoms with Gasteiger partial charge in [0.2, 0.25) is 5.91 Å². The lowest BCUT2D eigenvalue weighted by atomic mass is 9.91. The summed E-state index contributed by atoms with van der Waals surface area (Å²) in [5.74, 6) is 1.68. The van der Waals surface area contributed by atoms with Crippen LogP contribution in [0, 0.1) is 6.92 Å². The van der Waals surface area contributed by atoms with Gasteiger partial charge < -0.3 is 14.5 Å². The summed E-state index contributed by atoms with van der Waals surface area (Å²) in [5, 5.41) is 2.96. The molecule has 3 atom stereocenters. The zero-order valence-corrected chi connectivity index (χ0v) is 26.5. The zero-order valence-electron chi connectivity index (χ0n) is 24.2. The van der Waals surface area contributed by atoms with Crippen molar-refractivity contribution in [3.63, 3.8) is 0 Å². The van der Waals surface area contributed by atoms with E-state index in [0.717, 1.165) is 43.8 Å². The first-order valence-corrected chi connectivity index (χ1v) is 15.2. The van der Waals surface area contributed by atoms with Gasteiger partial charge in [0, 0.05) is 53.9 Å². The number of hydrogen-bond donors (Lipinski definition) is 0. The Hall–Kier alpha value is -3.67. The molecule has 42 heavy (non-hydrogen) atoms. The Balaban J connectivity index is 1.69. The summed E-state index contributed by atoms with van der Waals surface area (Å²) in [7, 11) is 5.69. The molecule has 0 aliphatic carbocycles. The van der Waals surface area contributed by atoms with Crippen LogP contribution in [-0.4, -0.2) is 56.0 Å². The first-order chi connectivity index (χ1) is 20.1. The van der Waals surface area contributed by atoms with Crippen LogP contribution in [0.5, 0.6) is 5.75 Å². The van der Waals surface area contributed by atoms with Crippen LogP contribution in [0.25, 0.3) is 27.8 Å². The molecule has 0 N–H and O–H groups in total. The molecule has 0 radical (unpaired) electrons. The Morgan fingerprint density at radius 1 is 1.19 bits per heavy atom. The first-order valence-electron chi connectivity index (χ1n) is 14.0. The largest absolute Gasteiger partial charge is 0.486 e. The summed E-state index contributed by atoms with van der Waals surface area (Å²) < 4.78 is 8.15. The molecule has 0 bridgehead atoms. The smallest absolute Gasteiger partial charge is 0.355 e. The third kappa shape index (κ3) is 4.50. The number of benzene rings is 2. The zero-order chi connectivity index (χ0) is 29.9. The molecule has 4 heterocycles. The van der Waals surface area contributed by atoms with E-state index in [4.69, 9.17) is 9.72 Å². The van der Waals surface area contributed by atoms with Crippen molar-refractivity contribution in [1.29, 1.82) is 0 Å². The van der Waals surface area contributed by atoms with E-state index in [1.165, 1.54) is 12.4 Å². The maximum absolute atomic E-state index is 14.2. The molecule has 1 saturated heterocycles. The maximum Gasteiger partial charge on any atom is 0.355 e. The summed E-state index contributed by atoms with van der Waals surface area (Å²) in [6.45, 7) is 13.8. The number of carbonyl (C=O) groups excluding carboxylic acids is 1. The highest BCUT2D eigenvalue weighted by Crippen LogP contribution is 2.46. The van der Waals surface area contributed by atoms with Gasteiger partial charge in [0.1, 0.15) is 30.1 Å². The second-order valence-electron chi connectivity index (χ2n) is 11.2. The van der Waals surface area contributed by atoms with Crippen LogP contribution in [-0.2, 0) is 11.4 Å². The second-order valence-corrected chi connectivity index (χ2v) is 12.4. The quantitative estimate of drug-likeness (QED) is 0.262. The van der Waals surface area contributed by atoms with Gasteiger partial charge in [-0.3, -0.25) is 4.79 Å². The number of piperazine rings is 1. The van der Waals surface area contributed by atoms with E-state index in [1.807, 2.05) is 6.92 Å². The number of nitrogens with zero attached hydrogens (tertiary/aromatic N) is 6. The number of carbonyl (C=O) groups is 1. The predicted octanol–water partition coefficient (Wildman–Crippen LogP) is 3.39. The predicted molar refractivity (Wildman–Crippen MR) is 174 cm³/mol. The van der Waals surface area contributed by atoms with Crippen molar-refractivity contribution in [2.45, 2.75) is 46.3 Å². The molecule has 2 aromatic carbocycles. The number of fused-ring (bicyclic) bond motifs is 5. The third-order valence-electron chi connectivity index (χ3n) is 8.24. The number of ether oxygens (including phenoxy) is 1. The van der Waals surface area contributed by atoms with E-state index in [2.05, 4.69) is 78.9 Å². The Bertz CT molecular complexity index is 1840. The Morgan fingerprint density at radius 2 is 1.98 bits per heavy atom. The molecule has 2 aliphatic rings. The van der Waals surface area contributed by atoms with Crippen molar-refractivity contribution in [3.8, 4) is 22.7 Å². The molecule has 6 rings (SSSR count). The van der Waals surface area contributed by atoms with E-state index in [-0.39, 0.29) is 17.9 Å². The van der Waals surface area contributed by atoms with E-state index >= 15 is 0 Å². The molecule has 216 valence electrons. The third-order valence-corrected chi connectivity index (χ3v) is 9.69. The monoisotopic (exact) mass is 600 g/mol. The molecule has 1 fully saturated rings. The van der Waals surface area contributed by atoms with Gasteiger partial charge in [-0.25, -0.2) is 19.3 Å². The minimum atomic E-state index is -0.443. The van der Waals surface area contributed by atoms with Gasteiger partial charge in [-0.1, -0.05) is 32.6 Å². The van der Waals surface area contributed by atoms with Crippen molar-refractivity contribution >= 4 is 51.7 Å². The Labute approximate surface area is 249 Å². The van der Waals surface area contributed by atoms with Gasteiger partial charge in [-0.05, 0) is 53.6 Å². The average molecular weight is 601 g/mol. The van der Waals surface area contributed by atoms with Gasteiger partial charge in [0.25, 0.3) is 0 Å². The van der Waals surface area contributed by atoms with Gasteiger partial charge in [0.15, 0.2) is 5.75 Å². The van der Waals surface area contributed by atoms with Gasteiger partial charge >= 0.3 is 5.69 Å². The van der Waals surface area contributed by atoms with E-state index in [9.17, 15) is 9.59 Å². The second kappa shape index (κ2) is 10.9. The molecule has 0 saturated carbocycles. The van der Waals surface area contributed by atoms with Crippen LogP contribution in [0.1, 0.15) is 43.4 Å². The molecule has 4 aromatic rings. The molecule has 11 heteroatoms. The van der Waals surface area contributed by atoms with Crippen molar-refractivity contribution in [2.24, 2.45) is 0 Å². The molecule has 2 unspecified atom stereocenters. The van der Waals surface area contributed by atoms with Gasteiger partial charge in [-0.2, -0.15) is 4.98 Å². The Kier molecular flexibility index (Phi) is 7.36. The van der Waals surface area contributed by atoms with Gasteiger partial charge in [-0.15, -0.1) is 18.5 Å². The molecule has 2 aromatic heterocycles. The lowest BCUT2D eigenvalue weighted by Crippen LogP contribution is -2.54. The van der Waals surface area contributed by atoms with Crippen molar-refractivity contribution in [2.75, 3.05) is 24.5 Å². The lowest BCUT2D eigenvalue weighted by molar-refractivity contribution is -0.126. The van der Waals surface area contributed by atoms with E-state index in [1.54, 1.807) is 15.7 Å². The van der Waals surface area contributed by atoms with Crippen LogP contribution >= 0.6 is 18.5 Å². The maximum atomic E-state index is 14.2. The summed E-state index contributed by atoms with van der Waals surface area (Å²) in [6.07, 6.45) is 4.56. The molecule has 9 nitrogen and oxygen atoms in total. The highest BCUT2D eigenvalue weighted by atomic mass is 31.0. The van der Waals surface area contributed by atoms with Crippen LogP contribution in [0.4, 0.5) is 5.82 Å². The number of hydrogen-bond acceptors (Lipinski definition) is 7. The minimum Gasteiger partial charge on any atom is -0.486 e. The molecular weight excluding hydrogens is 566 g/mol. The molecular formula is C31H34N6O3P2. The normalized spacial score (nSPS) is 16.3. The molecule has 2 aliphatic heterocycles.